The number of allylic oxidation sites excluding steroid dienone is 1. The maximum absolute atomic E-state index is 14.1. The number of amides is 1. The van der Waals surface area contributed by atoms with E-state index in [2.05, 4.69) is 5.32 Å². The van der Waals surface area contributed by atoms with Crippen LogP contribution in [0.1, 0.15) is 81.1 Å². The molecule has 10 atom stereocenters. The van der Waals surface area contributed by atoms with Gasteiger partial charge in [0.25, 0.3) is 0 Å². The van der Waals surface area contributed by atoms with Crippen LogP contribution in [0.3, 0.4) is 0 Å². The fourth-order valence-corrected chi connectivity index (χ4v) is 8.04. The normalized spacial score (nSPS) is 34.1. The van der Waals surface area contributed by atoms with E-state index in [1.54, 1.807) is 40.0 Å². The third kappa shape index (κ3) is 11.2. The topological polar surface area (TPSA) is 142 Å². The van der Waals surface area contributed by atoms with Crippen LogP contribution in [0, 0.1) is 11.8 Å². The van der Waals surface area contributed by atoms with Crippen molar-refractivity contribution in [3.8, 4) is 5.75 Å². The van der Waals surface area contributed by atoms with Gasteiger partial charge in [-0.15, -0.1) is 0 Å². The molecule has 0 spiro atoms. The lowest BCUT2D eigenvalue weighted by molar-refractivity contribution is -0.294. The van der Waals surface area contributed by atoms with Crippen LogP contribution in [0.15, 0.2) is 65.8 Å². The minimum atomic E-state index is -1.49. The van der Waals surface area contributed by atoms with Gasteiger partial charge in [0.1, 0.15) is 18.0 Å². The number of aliphatic hydroxyl groups excluding tert-OH is 1. The largest absolute Gasteiger partial charge is 0.494 e. The molecule has 0 radical (unpaired) electrons. The number of esters is 1. The number of likely N-dealkylation sites (N-methyl/N-ethyl adjacent to an activating group) is 1. The number of nitrogens with zero attached hydrogens (tertiary/aromatic N) is 1. The molecule has 0 aliphatic carbocycles. The first-order chi connectivity index (χ1) is 26.4. The number of alkyl carbamates (subject to hydrolysis) is 1. The van der Waals surface area contributed by atoms with Crippen molar-refractivity contribution in [3.05, 3.63) is 65.8 Å². The summed E-state index contributed by atoms with van der Waals surface area (Å²) in [6, 6.07) is 13.7. The van der Waals surface area contributed by atoms with Crippen LogP contribution in [-0.2, 0) is 33.3 Å². The van der Waals surface area contributed by atoms with Crippen LogP contribution in [-0.4, -0.2) is 110 Å². The van der Waals surface area contributed by atoms with Crippen molar-refractivity contribution in [1.29, 1.82) is 0 Å². The molecule has 0 saturated carbocycles. The SMILES string of the molecule is CC[C@H]1OC(=O)/C(C)=C/[C@H](C)[C@@H](O[C@@H]2O[C@H](C)C[C@H](N(C)C)[C@H]2O)[C@@](C)(OC)C[C@@H](C)C(=O)/C(C)=C/[C@]1(C)OC(=O)NCCCOc1ccc2ccccc2c1. The highest BCUT2D eigenvalue weighted by Crippen LogP contribution is 2.37. The monoisotopic (exact) mass is 780 g/mol. The number of ether oxygens (including phenoxy) is 6. The quantitative estimate of drug-likeness (QED) is 0.184. The van der Waals surface area contributed by atoms with Gasteiger partial charge in [0.05, 0.1) is 24.4 Å². The van der Waals surface area contributed by atoms with Gasteiger partial charge in [-0.1, -0.05) is 57.2 Å². The Morgan fingerprint density at radius 1 is 1.04 bits per heavy atom. The third-order valence-corrected chi connectivity index (χ3v) is 11.1. The summed E-state index contributed by atoms with van der Waals surface area (Å²) in [6.45, 7) is 15.0. The molecular weight excluding hydrogens is 716 g/mol. The predicted octanol–water partition coefficient (Wildman–Crippen LogP) is 6.77. The first-order valence-electron chi connectivity index (χ1n) is 19.8. The molecule has 1 amide bonds. The molecule has 56 heavy (non-hydrogen) atoms. The number of hydrogen-bond donors (Lipinski definition) is 2. The van der Waals surface area contributed by atoms with Crippen molar-refractivity contribution in [2.24, 2.45) is 11.8 Å². The molecular formula is C44H64N2O10. The number of rotatable bonds is 11. The average Bonchev–Trinajstić information content (AvgIpc) is 3.15. The number of aliphatic hydroxyl groups is 1. The van der Waals surface area contributed by atoms with Gasteiger partial charge in [0.15, 0.2) is 17.7 Å². The summed E-state index contributed by atoms with van der Waals surface area (Å²) >= 11 is 0. The molecule has 12 heteroatoms. The van der Waals surface area contributed by atoms with E-state index in [9.17, 15) is 19.5 Å². The summed E-state index contributed by atoms with van der Waals surface area (Å²) in [5, 5.41) is 16.3. The van der Waals surface area contributed by atoms with E-state index in [1.165, 1.54) is 0 Å². The first kappa shape index (κ1) is 44.9. The molecule has 2 aromatic carbocycles. The second kappa shape index (κ2) is 19.6. The van der Waals surface area contributed by atoms with Gasteiger partial charge in [0, 0.05) is 37.1 Å². The maximum Gasteiger partial charge on any atom is 0.408 e. The van der Waals surface area contributed by atoms with E-state index in [-0.39, 0.29) is 30.9 Å². The van der Waals surface area contributed by atoms with E-state index < -0.39 is 59.7 Å². The summed E-state index contributed by atoms with van der Waals surface area (Å²) < 4.78 is 37.0. The smallest absolute Gasteiger partial charge is 0.408 e. The van der Waals surface area contributed by atoms with Crippen molar-refractivity contribution in [1.82, 2.24) is 10.2 Å². The summed E-state index contributed by atoms with van der Waals surface area (Å²) in [5.41, 5.74) is -1.91. The Hall–Kier alpha value is -3.81. The lowest BCUT2D eigenvalue weighted by atomic mass is 9.79. The van der Waals surface area contributed by atoms with Gasteiger partial charge in [0.2, 0.25) is 0 Å². The van der Waals surface area contributed by atoms with E-state index in [4.69, 9.17) is 28.4 Å². The minimum Gasteiger partial charge on any atom is -0.494 e. The fourth-order valence-electron chi connectivity index (χ4n) is 8.04. The Morgan fingerprint density at radius 3 is 2.39 bits per heavy atom. The predicted molar refractivity (Wildman–Crippen MR) is 215 cm³/mol. The molecule has 2 N–H and O–H groups in total. The number of cyclic esters (lactones) is 1. The zero-order valence-corrected chi connectivity index (χ0v) is 35.1. The van der Waals surface area contributed by atoms with Gasteiger partial charge >= 0.3 is 12.1 Å². The van der Waals surface area contributed by atoms with Gasteiger partial charge in [-0.05, 0) is 109 Å². The van der Waals surface area contributed by atoms with Crippen LogP contribution >= 0.6 is 0 Å². The number of benzene rings is 2. The summed E-state index contributed by atoms with van der Waals surface area (Å²) in [4.78, 5) is 43.1. The second-order valence-electron chi connectivity index (χ2n) is 16.2. The van der Waals surface area contributed by atoms with Gasteiger partial charge in [-0.3, -0.25) is 4.79 Å². The lowest BCUT2D eigenvalue weighted by Gasteiger charge is -2.46. The number of nitrogens with one attached hydrogen (secondary N) is 1. The number of carbonyl (C=O) groups excluding carboxylic acids is 3. The Morgan fingerprint density at radius 2 is 1.73 bits per heavy atom. The highest BCUT2D eigenvalue weighted by Gasteiger charge is 2.47. The number of hydrogen-bond acceptors (Lipinski definition) is 11. The number of carbonyl (C=O) groups is 3. The molecule has 2 aliphatic heterocycles. The average molecular weight is 781 g/mol. The molecule has 4 rings (SSSR count). The highest BCUT2D eigenvalue weighted by molar-refractivity contribution is 5.96. The fraction of sp³-hybridized carbons (Fsp3) is 0.614. The number of Topliss-reactive ketones (excluding diaryl/α,β-unsaturated/α-hetero) is 1. The Kier molecular flexibility index (Phi) is 15.7. The Bertz CT molecular complexity index is 1730. The minimum absolute atomic E-state index is 0.182. The molecule has 0 bridgehead atoms. The van der Waals surface area contributed by atoms with Crippen molar-refractivity contribution in [3.63, 3.8) is 0 Å². The molecule has 2 heterocycles. The molecule has 0 aromatic heterocycles. The molecule has 310 valence electrons. The van der Waals surface area contributed by atoms with E-state index >= 15 is 0 Å². The molecule has 1 saturated heterocycles. The van der Waals surface area contributed by atoms with Crippen molar-refractivity contribution in [2.45, 2.75) is 129 Å². The summed E-state index contributed by atoms with van der Waals surface area (Å²) in [7, 11) is 5.37. The highest BCUT2D eigenvalue weighted by atomic mass is 16.7. The molecule has 12 nitrogen and oxygen atoms in total. The Labute approximate surface area is 332 Å². The van der Waals surface area contributed by atoms with Gasteiger partial charge < -0.3 is 43.7 Å². The van der Waals surface area contributed by atoms with Gasteiger partial charge in [-0.2, -0.15) is 0 Å². The van der Waals surface area contributed by atoms with Crippen molar-refractivity contribution >= 4 is 28.6 Å². The number of fused-ring (bicyclic) bond motifs is 1. The van der Waals surface area contributed by atoms with Crippen LogP contribution < -0.4 is 10.1 Å². The van der Waals surface area contributed by atoms with Crippen molar-refractivity contribution in [2.75, 3.05) is 34.4 Å². The van der Waals surface area contributed by atoms with Crippen LogP contribution in [0.5, 0.6) is 5.75 Å². The van der Waals surface area contributed by atoms with E-state index in [0.717, 1.165) is 16.5 Å². The van der Waals surface area contributed by atoms with Crippen molar-refractivity contribution < 1.29 is 47.9 Å². The number of ketones is 1. The van der Waals surface area contributed by atoms with Crippen LogP contribution in [0.4, 0.5) is 4.79 Å². The summed E-state index contributed by atoms with van der Waals surface area (Å²) in [6.07, 6.45) is 0.502. The molecule has 1 fully saturated rings. The first-order valence-corrected chi connectivity index (χ1v) is 19.8. The van der Waals surface area contributed by atoms with Gasteiger partial charge in [-0.25, -0.2) is 9.59 Å². The van der Waals surface area contributed by atoms with Crippen LogP contribution in [0.2, 0.25) is 0 Å². The molecule has 2 aromatic rings. The lowest BCUT2D eigenvalue weighted by Crippen LogP contribution is -2.58. The number of methoxy groups -OCH3 is 1. The molecule has 2 aliphatic rings. The van der Waals surface area contributed by atoms with Crippen LogP contribution in [0.25, 0.3) is 10.8 Å². The summed E-state index contributed by atoms with van der Waals surface area (Å²) in [5.74, 6) is -1.08. The second-order valence-corrected chi connectivity index (χ2v) is 16.2. The molecule has 0 unspecified atom stereocenters. The zero-order valence-electron chi connectivity index (χ0n) is 35.1. The zero-order chi connectivity index (χ0) is 41.4. The van der Waals surface area contributed by atoms with E-state index in [1.807, 2.05) is 96.1 Å². The maximum atomic E-state index is 14.1. The third-order valence-electron chi connectivity index (χ3n) is 11.1. The standard InChI is InChI=1S/C44H64N2O10/c1-12-36-43(7,56-42(50)45-20-15-21-52-34-19-18-32-16-13-14-17-33(32)24-34)25-29(4)37(47)30(5)26-44(8,51-11)39(27(2)22-28(3)40(49)54-36)55-41-38(48)35(46(9)10)23-31(6)53-41/h13-14,16-19,22,24-25,27,30-31,35-36,38-39,41,48H,12,15,20-21,23,26H2,1-11H3,(H,45,50)/b28-22+,29-25+/t27-,30+,31+,35-,36+,38+,39+,41-,43-,44-/m0/s1. The van der Waals surface area contributed by atoms with E-state index in [0.29, 0.717) is 37.0 Å². The Balaban J connectivity index is 1.54.